The smallest absolute Gasteiger partial charge is 0.264 e. The van der Waals surface area contributed by atoms with Crippen LogP contribution in [0.15, 0.2) is 6.07 Å². The van der Waals surface area contributed by atoms with Crippen LogP contribution >= 0.6 is 11.3 Å². The van der Waals surface area contributed by atoms with Crippen molar-refractivity contribution in [2.45, 2.75) is 44.7 Å². The second kappa shape index (κ2) is 5.60. The fraction of sp³-hybridized carbons (Fsp3) is 0.647. The van der Waals surface area contributed by atoms with Gasteiger partial charge in [-0.25, -0.2) is 0 Å². The van der Waals surface area contributed by atoms with E-state index >= 15 is 0 Å². The number of hydrogen-bond acceptors (Lipinski definition) is 4. The Morgan fingerprint density at radius 2 is 1.96 bits per heavy atom. The van der Waals surface area contributed by atoms with Gasteiger partial charge in [-0.2, -0.15) is 5.10 Å². The molecule has 0 aromatic carbocycles. The highest BCUT2D eigenvalue weighted by Gasteiger charge is 2.39. The summed E-state index contributed by atoms with van der Waals surface area (Å²) < 4.78 is 1.89. The average Bonchev–Trinajstić information content (AvgIpc) is 3.26. The predicted octanol–water partition coefficient (Wildman–Crippen LogP) is 2.64. The average molecular weight is 332 g/mol. The van der Waals surface area contributed by atoms with Crippen LogP contribution in [0.5, 0.6) is 0 Å². The number of likely N-dealkylation sites (tertiary alicyclic amines) is 2. The van der Waals surface area contributed by atoms with Crippen LogP contribution in [0, 0.1) is 6.92 Å². The van der Waals surface area contributed by atoms with Crippen LogP contribution in [0.2, 0.25) is 0 Å². The lowest BCUT2D eigenvalue weighted by atomic mass is 10.0. The molecule has 0 spiro atoms. The van der Waals surface area contributed by atoms with E-state index in [-0.39, 0.29) is 5.91 Å². The molecule has 23 heavy (non-hydrogen) atoms. The fourth-order valence-corrected chi connectivity index (χ4v) is 5.40. The molecule has 6 heteroatoms. The molecule has 2 aromatic heterocycles. The Morgan fingerprint density at radius 1 is 1.22 bits per heavy atom. The van der Waals surface area contributed by atoms with Gasteiger partial charge in [0, 0.05) is 31.1 Å². The van der Waals surface area contributed by atoms with Crippen LogP contribution in [0.3, 0.4) is 0 Å². The van der Waals surface area contributed by atoms with Crippen molar-refractivity contribution in [2.24, 2.45) is 7.05 Å². The molecule has 124 valence electrons. The van der Waals surface area contributed by atoms with E-state index in [2.05, 4.69) is 21.9 Å². The quantitative estimate of drug-likeness (QED) is 0.849. The molecule has 1 amide bonds. The maximum absolute atomic E-state index is 13.1. The maximum atomic E-state index is 13.1. The van der Waals surface area contributed by atoms with Gasteiger partial charge in [0.05, 0.1) is 10.6 Å². The van der Waals surface area contributed by atoms with Crippen molar-refractivity contribution in [3.05, 3.63) is 16.6 Å². The van der Waals surface area contributed by atoms with E-state index in [0.717, 1.165) is 46.7 Å². The van der Waals surface area contributed by atoms with Gasteiger partial charge in [0.25, 0.3) is 5.91 Å². The highest BCUT2D eigenvalue weighted by Crippen LogP contribution is 2.33. The summed E-state index contributed by atoms with van der Waals surface area (Å²) in [6, 6.07) is 2.97. The molecule has 0 radical (unpaired) electrons. The Balaban J connectivity index is 1.62. The molecule has 0 bridgehead atoms. The van der Waals surface area contributed by atoms with E-state index < -0.39 is 0 Å². The molecule has 2 atom stereocenters. The SMILES string of the molecule is Cc1nn(C)c2sc(C(=O)N3CCC[C@@H]3[C@@H]3CCCN3C)cc12. The lowest BCUT2D eigenvalue weighted by molar-refractivity contribution is 0.0669. The number of aryl methyl sites for hydroxylation is 2. The summed E-state index contributed by atoms with van der Waals surface area (Å²) in [4.78, 5) is 19.6. The first-order valence-corrected chi connectivity index (χ1v) is 9.32. The molecule has 4 heterocycles. The van der Waals surface area contributed by atoms with Gasteiger partial charge in [0.15, 0.2) is 0 Å². The molecule has 2 aliphatic heterocycles. The van der Waals surface area contributed by atoms with Crippen molar-refractivity contribution in [3.8, 4) is 0 Å². The van der Waals surface area contributed by atoms with Crippen molar-refractivity contribution < 1.29 is 4.79 Å². The Bertz CT molecular complexity index is 715. The molecule has 5 nitrogen and oxygen atoms in total. The van der Waals surface area contributed by atoms with E-state index in [1.165, 1.54) is 12.8 Å². The highest BCUT2D eigenvalue weighted by atomic mass is 32.1. The molecule has 2 aliphatic rings. The first-order valence-electron chi connectivity index (χ1n) is 8.50. The van der Waals surface area contributed by atoms with Gasteiger partial charge >= 0.3 is 0 Å². The molecule has 0 N–H and O–H groups in total. The second-order valence-corrected chi connectivity index (χ2v) is 7.97. The van der Waals surface area contributed by atoms with Crippen LogP contribution < -0.4 is 0 Å². The topological polar surface area (TPSA) is 41.4 Å². The zero-order valence-corrected chi connectivity index (χ0v) is 14.9. The number of likely N-dealkylation sites (N-methyl/N-ethyl adjacent to an activating group) is 1. The molecule has 2 fully saturated rings. The Hall–Kier alpha value is -1.40. The van der Waals surface area contributed by atoms with Gasteiger partial charge in [-0.1, -0.05) is 0 Å². The number of hydrogen-bond donors (Lipinski definition) is 0. The van der Waals surface area contributed by atoms with Crippen LogP contribution in [-0.2, 0) is 7.05 Å². The van der Waals surface area contributed by atoms with Crippen LogP contribution in [-0.4, -0.2) is 57.7 Å². The summed E-state index contributed by atoms with van der Waals surface area (Å²) in [7, 11) is 4.15. The van der Waals surface area contributed by atoms with Crippen LogP contribution in [0.4, 0.5) is 0 Å². The molecule has 0 saturated carbocycles. The normalized spacial score (nSPS) is 25.8. The third-order valence-electron chi connectivity index (χ3n) is 5.49. The number of amides is 1. The predicted molar refractivity (Wildman–Crippen MR) is 93.0 cm³/mol. The molecule has 4 rings (SSSR count). The van der Waals surface area contributed by atoms with E-state index in [1.807, 2.05) is 24.7 Å². The molecule has 0 aliphatic carbocycles. The van der Waals surface area contributed by atoms with Crippen molar-refractivity contribution in [2.75, 3.05) is 20.1 Å². The largest absolute Gasteiger partial charge is 0.333 e. The minimum atomic E-state index is 0.216. The van der Waals surface area contributed by atoms with E-state index in [1.54, 1.807) is 11.3 Å². The van der Waals surface area contributed by atoms with Gasteiger partial charge < -0.3 is 9.80 Å². The molecule has 2 aromatic rings. The minimum Gasteiger partial charge on any atom is -0.333 e. The summed E-state index contributed by atoms with van der Waals surface area (Å²) in [6.45, 7) is 4.08. The lowest BCUT2D eigenvalue weighted by Gasteiger charge is -2.33. The van der Waals surface area contributed by atoms with Gasteiger partial charge in [0.2, 0.25) is 0 Å². The van der Waals surface area contributed by atoms with E-state index in [4.69, 9.17) is 0 Å². The summed E-state index contributed by atoms with van der Waals surface area (Å²) in [6.07, 6.45) is 4.76. The van der Waals surface area contributed by atoms with Crippen molar-refractivity contribution in [1.82, 2.24) is 19.6 Å². The standard InChI is InChI=1S/C17H24N4OS/c1-11-12-10-15(23-17(12)20(3)18-11)16(22)21-9-5-7-14(21)13-6-4-8-19(13)2/h10,13-14H,4-9H2,1-3H3/t13-,14+/m0/s1. The first kappa shape index (κ1) is 15.1. The summed E-state index contributed by atoms with van der Waals surface area (Å²) in [5.74, 6) is 0.216. The second-order valence-electron chi connectivity index (χ2n) is 6.94. The zero-order chi connectivity index (χ0) is 16.1. The molecular weight excluding hydrogens is 308 g/mol. The summed E-state index contributed by atoms with van der Waals surface area (Å²) >= 11 is 1.58. The highest BCUT2D eigenvalue weighted by molar-refractivity contribution is 7.20. The third-order valence-corrected chi connectivity index (χ3v) is 6.68. The zero-order valence-electron chi connectivity index (χ0n) is 14.1. The number of fused-ring (bicyclic) bond motifs is 1. The van der Waals surface area contributed by atoms with Crippen molar-refractivity contribution in [3.63, 3.8) is 0 Å². The van der Waals surface area contributed by atoms with Crippen molar-refractivity contribution in [1.29, 1.82) is 0 Å². The van der Waals surface area contributed by atoms with E-state index in [0.29, 0.717) is 12.1 Å². The number of thiophene rings is 1. The number of carbonyl (C=O) groups excluding carboxylic acids is 1. The van der Waals surface area contributed by atoms with Gasteiger partial charge in [0.1, 0.15) is 4.83 Å². The summed E-state index contributed by atoms with van der Waals surface area (Å²) in [5.41, 5.74) is 1.01. The number of rotatable bonds is 2. The fourth-order valence-electron chi connectivity index (χ4n) is 4.32. The van der Waals surface area contributed by atoms with Crippen LogP contribution in [0.25, 0.3) is 10.2 Å². The number of nitrogens with zero attached hydrogens (tertiary/aromatic N) is 4. The maximum Gasteiger partial charge on any atom is 0.264 e. The Labute approximate surface area is 140 Å². The van der Waals surface area contributed by atoms with Crippen LogP contribution in [0.1, 0.15) is 41.0 Å². The molecular formula is C17H24N4OS. The lowest BCUT2D eigenvalue weighted by Crippen LogP contribution is -2.46. The molecule has 0 unspecified atom stereocenters. The number of aromatic nitrogens is 2. The Kier molecular flexibility index (Phi) is 3.69. The monoisotopic (exact) mass is 332 g/mol. The third kappa shape index (κ3) is 2.39. The minimum absolute atomic E-state index is 0.216. The summed E-state index contributed by atoms with van der Waals surface area (Å²) in [5, 5.41) is 5.55. The van der Waals surface area contributed by atoms with Crippen molar-refractivity contribution >= 4 is 27.5 Å². The van der Waals surface area contributed by atoms with E-state index in [9.17, 15) is 4.79 Å². The first-order chi connectivity index (χ1) is 11.1. The van der Waals surface area contributed by atoms with Gasteiger partial charge in [-0.15, -0.1) is 11.3 Å². The molecule has 2 saturated heterocycles. The van der Waals surface area contributed by atoms with Gasteiger partial charge in [-0.3, -0.25) is 9.48 Å². The number of carbonyl (C=O) groups is 1. The van der Waals surface area contributed by atoms with Gasteiger partial charge in [-0.05, 0) is 52.3 Å². The Morgan fingerprint density at radius 3 is 2.65 bits per heavy atom.